The average Bonchev–Trinajstić information content (AvgIpc) is 2.44. The average molecular weight is 349 g/mol. The van der Waals surface area contributed by atoms with Gasteiger partial charge in [-0.1, -0.05) is 28.9 Å². The van der Waals surface area contributed by atoms with E-state index in [1.807, 2.05) is 25.1 Å². The number of aryl methyl sites for hydroxylation is 3. The van der Waals surface area contributed by atoms with Gasteiger partial charge < -0.3 is 10.1 Å². The molecule has 1 aromatic heterocycles. The van der Waals surface area contributed by atoms with E-state index < -0.39 is 0 Å². The molecule has 1 aromatic carbocycles. The highest BCUT2D eigenvalue weighted by atomic mass is 79.9. The Hall–Kier alpha value is -1.39. The minimum absolute atomic E-state index is 0.633. The third-order valence-corrected chi connectivity index (χ3v) is 4.62. The maximum absolute atomic E-state index is 5.88. The molecule has 0 radical (unpaired) electrons. The normalized spacial score (nSPS) is 10.7. The highest BCUT2D eigenvalue weighted by Gasteiger charge is 2.07. The second-order valence-corrected chi connectivity index (χ2v) is 5.94. The van der Waals surface area contributed by atoms with E-state index in [4.69, 9.17) is 4.74 Å². The summed E-state index contributed by atoms with van der Waals surface area (Å²) in [5.74, 6) is 1.45. The summed E-state index contributed by atoms with van der Waals surface area (Å²) in [7, 11) is 0. The third-order valence-electron chi connectivity index (χ3n) is 3.37. The number of hydrogen-bond acceptors (Lipinski definition) is 3. The molecule has 2 aromatic rings. The van der Waals surface area contributed by atoms with E-state index in [1.54, 1.807) is 0 Å². The second kappa shape index (κ2) is 7.05. The number of halogens is 1. The summed E-state index contributed by atoms with van der Waals surface area (Å²) in [4.78, 5) is 4.53. The molecule has 112 valence electrons. The van der Waals surface area contributed by atoms with Gasteiger partial charge in [0.25, 0.3) is 0 Å². The van der Waals surface area contributed by atoms with E-state index in [2.05, 4.69) is 53.1 Å². The minimum Gasteiger partial charge on any atom is -0.439 e. The lowest BCUT2D eigenvalue weighted by molar-refractivity contribution is 0.460. The fourth-order valence-corrected chi connectivity index (χ4v) is 2.38. The lowest BCUT2D eigenvalue weighted by atomic mass is 10.1. The SMILES string of the molecule is CCNCc1ccc(Oc2cc(C)c(Br)c(C)c2)nc1C. The molecule has 0 saturated carbocycles. The molecule has 0 aliphatic carbocycles. The summed E-state index contributed by atoms with van der Waals surface area (Å²) in [5, 5.41) is 3.31. The number of ether oxygens (including phenoxy) is 1. The molecular weight excluding hydrogens is 328 g/mol. The van der Waals surface area contributed by atoms with Gasteiger partial charge in [-0.2, -0.15) is 0 Å². The van der Waals surface area contributed by atoms with Gasteiger partial charge in [0.05, 0.1) is 0 Å². The lowest BCUT2D eigenvalue weighted by Crippen LogP contribution is -2.13. The largest absolute Gasteiger partial charge is 0.439 e. The Labute approximate surface area is 134 Å². The van der Waals surface area contributed by atoms with E-state index in [0.29, 0.717) is 5.88 Å². The van der Waals surface area contributed by atoms with E-state index in [-0.39, 0.29) is 0 Å². The van der Waals surface area contributed by atoms with E-state index in [1.165, 1.54) is 5.56 Å². The predicted molar refractivity (Wildman–Crippen MR) is 90.0 cm³/mol. The molecule has 1 N–H and O–H groups in total. The van der Waals surface area contributed by atoms with Crippen LogP contribution in [0.2, 0.25) is 0 Å². The molecule has 1 heterocycles. The lowest BCUT2D eigenvalue weighted by Gasteiger charge is -2.11. The van der Waals surface area contributed by atoms with E-state index >= 15 is 0 Å². The Bertz CT molecular complexity index is 618. The van der Waals surface area contributed by atoms with Crippen molar-refractivity contribution in [2.45, 2.75) is 34.2 Å². The first-order chi connectivity index (χ1) is 10.0. The monoisotopic (exact) mass is 348 g/mol. The van der Waals surface area contributed by atoms with Gasteiger partial charge in [0.2, 0.25) is 5.88 Å². The van der Waals surface area contributed by atoms with Gasteiger partial charge in [0.1, 0.15) is 5.75 Å². The van der Waals surface area contributed by atoms with Crippen molar-refractivity contribution in [3.05, 3.63) is 51.1 Å². The summed E-state index contributed by atoms with van der Waals surface area (Å²) in [6.45, 7) is 10.0. The zero-order valence-corrected chi connectivity index (χ0v) is 14.5. The molecule has 3 nitrogen and oxygen atoms in total. The van der Waals surface area contributed by atoms with E-state index in [9.17, 15) is 0 Å². The first-order valence-corrected chi connectivity index (χ1v) is 7.92. The molecule has 4 heteroatoms. The summed E-state index contributed by atoms with van der Waals surface area (Å²) in [6, 6.07) is 8.02. The maximum atomic E-state index is 5.88. The number of rotatable bonds is 5. The van der Waals surface area contributed by atoms with Crippen molar-refractivity contribution >= 4 is 15.9 Å². The predicted octanol–water partition coefficient (Wildman–Crippen LogP) is 4.67. The van der Waals surface area contributed by atoms with Gasteiger partial charge in [0, 0.05) is 22.8 Å². The summed E-state index contributed by atoms with van der Waals surface area (Å²) in [6.07, 6.45) is 0. The Morgan fingerprint density at radius 3 is 2.38 bits per heavy atom. The van der Waals surface area contributed by atoms with Crippen molar-refractivity contribution < 1.29 is 4.74 Å². The van der Waals surface area contributed by atoms with Crippen LogP contribution in [0.25, 0.3) is 0 Å². The second-order valence-electron chi connectivity index (χ2n) is 5.15. The van der Waals surface area contributed by atoms with Crippen LogP contribution in [0.4, 0.5) is 0 Å². The van der Waals surface area contributed by atoms with Crippen molar-refractivity contribution in [1.29, 1.82) is 0 Å². The molecule has 0 atom stereocenters. The molecule has 0 amide bonds. The van der Waals surface area contributed by atoms with Crippen molar-refractivity contribution in [3.8, 4) is 11.6 Å². The van der Waals surface area contributed by atoms with Gasteiger partial charge >= 0.3 is 0 Å². The molecule has 0 aliphatic rings. The van der Waals surface area contributed by atoms with Gasteiger partial charge in [-0.05, 0) is 56.1 Å². The fourth-order valence-electron chi connectivity index (χ4n) is 2.16. The summed E-state index contributed by atoms with van der Waals surface area (Å²) < 4.78 is 7.01. The molecule has 0 saturated heterocycles. The van der Waals surface area contributed by atoms with Crippen molar-refractivity contribution in [2.75, 3.05) is 6.54 Å². The smallest absolute Gasteiger partial charge is 0.219 e. The Morgan fingerprint density at radius 2 is 1.81 bits per heavy atom. The number of aromatic nitrogens is 1. The van der Waals surface area contributed by atoms with Gasteiger partial charge in [-0.25, -0.2) is 4.98 Å². The van der Waals surface area contributed by atoms with Crippen LogP contribution in [0, 0.1) is 20.8 Å². The quantitative estimate of drug-likeness (QED) is 0.852. The van der Waals surface area contributed by atoms with Crippen molar-refractivity contribution in [3.63, 3.8) is 0 Å². The molecule has 0 fully saturated rings. The van der Waals surface area contributed by atoms with Crippen LogP contribution in [0.3, 0.4) is 0 Å². The zero-order valence-electron chi connectivity index (χ0n) is 13.0. The molecule has 0 bridgehead atoms. The number of benzene rings is 1. The van der Waals surface area contributed by atoms with Crippen LogP contribution in [-0.4, -0.2) is 11.5 Å². The zero-order chi connectivity index (χ0) is 15.4. The Kier molecular flexibility index (Phi) is 5.37. The number of nitrogens with zero attached hydrogens (tertiary/aromatic N) is 1. The van der Waals surface area contributed by atoms with Gasteiger partial charge in [-0.3, -0.25) is 0 Å². The van der Waals surface area contributed by atoms with Crippen LogP contribution >= 0.6 is 15.9 Å². The fraction of sp³-hybridized carbons (Fsp3) is 0.353. The molecule has 21 heavy (non-hydrogen) atoms. The number of pyridine rings is 1. The van der Waals surface area contributed by atoms with Crippen LogP contribution < -0.4 is 10.1 Å². The van der Waals surface area contributed by atoms with Crippen LogP contribution in [0.1, 0.15) is 29.3 Å². The van der Waals surface area contributed by atoms with Gasteiger partial charge in [0.15, 0.2) is 0 Å². The first-order valence-electron chi connectivity index (χ1n) is 7.13. The third kappa shape index (κ3) is 4.05. The number of nitrogens with one attached hydrogen (secondary N) is 1. The molecular formula is C17H21BrN2O. The van der Waals surface area contributed by atoms with Gasteiger partial charge in [-0.15, -0.1) is 0 Å². The maximum Gasteiger partial charge on any atom is 0.219 e. The van der Waals surface area contributed by atoms with Crippen LogP contribution in [0.5, 0.6) is 11.6 Å². The van der Waals surface area contributed by atoms with Crippen molar-refractivity contribution in [1.82, 2.24) is 10.3 Å². The molecule has 0 aliphatic heterocycles. The minimum atomic E-state index is 0.633. The molecule has 0 spiro atoms. The number of hydrogen-bond donors (Lipinski definition) is 1. The Morgan fingerprint density at radius 1 is 1.14 bits per heavy atom. The first kappa shape index (κ1) is 16.0. The van der Waals surface area contributed by atoms with Crippen molar-refractivity contribution in [2.24, 2.45) is 0 Å². The van der Waals surface area contributed by atoms with Crippen LogP contribution in [-0.2, 0) is 6.54 Å². The van der Waals surface area contributed by atoms with E-state index in [0.717, 1.165) is 40.1 Å². The topological polar surface area (TPSA) is 34.1 Å². The highest BCUT2D eigenvalue weighted by molar-refractivity contribution is 9.10. The Balaban J connectivity index is 2.18. The molecule has 0 unspecified atom stereocenters. The summed E-state index contributed by atoms with van der Waals surface area (Å²) in [5.41, 5.74) is 4.52. The summed E-state index contributed by atoms with van der Waals surface area (Å²) >= 11 is 3.57. The standard InChI is InChI=1S/C17H21BrN2O/c1-5-19-10-14-6-7-16(20-13(14)4)21-15-8-11(2)17(18)12(3)9-15/h6-9,19H,5,10H2,1-4H3. The van der Waals surface area contributed by atoms with Crippen LogP contribution in [0.15, 0.2) is 28.7 Å². The molecule has 2 rings (SSSR count). The highest BCUT2D eigenvalue weighted by Crippen LogP contribution is 2.29.